The Morgan fingerprint density at radius 3 is 2.89 bits per heavy atom. The summed E-state index contributed by atoms with van der Waals surface area (Å²) in [7, 11) is 1.89. The fraction of sp³-hybridized carbons (Fsp3) is 0.571. The lowest BCUT2D eigenvalue weighted by Crippen LogP contribution is -2.46. The van der Waals surface area contributed by atoms with Crippen molar-refractivity contribution in [1.82, 2.24) is 20.1 Å². The molecule has 1 aromatic carbocycles. The highest BCUT2D eigenvalue weighted by Gasteiger charge is 2.30. The van der Waals surface area contributed by atoms with E-state index in [-0.39, 0.29) is 24.0 Å². The topological polar surface area (TPSA) is 55.9 Å². The number of aromatic nitrogens is 1. The van der Waals surface area contributed by atoms with Crippen molar-refractivity contribution in [2.75, 3.05) is 53.0 Å². The minimum Gasteiger partial charge on any atom is -0.379 e. The third-order valence-corrected chi connectivity index (χ3v) is 5.91. The normalized spacial score (nSPS) is 21.1. The summed E-state index contributed by atoms with van der Waals surface area (Å²) < 4.78 is 5.49. The van der Waals surface area contributed by atoms with Crippen LogP contribution in [0.2, 0.25) is 0 Å². The summed E-state index contributed by atoms with van der Waals surface area (Å²) in [4.78, 5) is 12.9. The van der Waals surface area contributed by atoms with E-state index >= 15 is 0 Å². The van der Waals surface area contributed by atoms with Crippen LogP contribution in [0, 0.1) is 6.92 Å². The first-order valence-electron chi connectivity index (χ1n) is 10.1. The number of benzene rings is 1. The van der Waals surface area contributed by atoms with Crippen molar-refractivity contribution in [2.24, 2.45) is 4.99 Å². The maximum absolute atomic E-state index is 5.49. The zero-order chi connectivity index (χ0) is 18.6. The number of rotatable bonds is 4. The van der Waals surface area contributed by atoms with E-state index in [1.807, 2.05) is 7.05 Å². The second-order valence-corrected chi connectivity index (χ2v) is 7.57. The third kappa shape index (κ3) is 4.63. The lowest BCUT2D eigenvalue weighted by molar-refractivity contribution is 0.0195. The largest absolute Gasteiger partial charge is 0.379 e. The van der Waals surface area contributed by atoms with Gasteiger partial charge in [0.2, 0.25) is 0 Å². The van der Waals surface area contributed by atoms with Gasteiger partial charge in [0.15, 0.2) is 5.96 Å². The number of aryl methyl sites for hydroxylation is 1. The monoisotopic (exact) mass is 497 g/mol. The van der Waals surface area contributed by atoms with Gasteiger partial charge in [-0.2, -0.15) is 0 Å². The molecule has 0 bridgehead atoms. The molecule has 1 unspecified atom stereocenters. The molecule has 0 spiro atoms. The molecule has 0 radical (unpaired) electrons. The van der Waals surface area contributed by atoms with Crippen LogP contribution in [0.1, 0.15) is 17.5 Å². The molecule has 1 atom stereocenters. The maximum atomic E-state index is 5.49. The first-order chi connectivity index (χ1) is 13.3. The fourth-order valence-electron chi connectivity index (χ4n) is 4.46. The van der Waals surface area contributed by atoms with E-state index in [1.165, 1.54) is 28.5 Å². The molecule has 3 heterocycles. The number of ether oxygens (including phenoxy) is 1. The van der Waals surface area contributed by atoms with Gasteiger partial charge in [0.1, 0.15) is 0 Å². The molecule has 6 nitrogen and oxygen atoms in total. The van der Waals surface area contributed by atoms with Crippen LogP contribution in [-0.4, -0.2) is 79.8 Å². The van der Waals surface area contributed by atoms with Gasteiger partial charge in [-0.3, -0.25) is 9.89 Å². The molecule has 2 saturated heterocycles. The van der Waals surface area contributed by atoms with Crippen molar-refractivity contribution < 1.29 is 4.74 Å². The molecule has 2 fully saturated rings. The van der Waals surface area contributed by atoms with Crippen LogP contribution in [0.5, 0.6) is 0 Å². The number of fused-ring (bicyclic) bond motifs is 1. The molecule has 0 saturated carbocycles. The van der Waals surface area contributed by atoms with Crippen molar-refractivity contribution in [3.63, 3.8) is 0 Å². The van der Waals surface area contributed by atoms with E-state index in [2.05, 4.69) is 56.4 Å². The molecule has 28 heavy (non-hydrogen) atoms. The van der Waals surface area contributed by atoms with Crippen LogP contribution < -0.4 is 5.32 Å². The first-order valence-corrected chi connectivity index (χ1v) is 10.1. The lowest BCUT2D eigenvalue weighted by Gasteiger charge is -2.32. The number of nitrogens with one attached hydrogen (secondary N) is 2. The van der Waals surface area contributed by atoms with E-state index in [4.69, 9.17) is 4.74 Å². The third-order valence-electron chi connectivity index (χ3n) is 5.91. The Morgan fingerprint density at radius 1 is 1.29 bits per heavy atom. The predicted molar refractivity (Wildman–Crippen MR) is 126 cm³/mol. The minimum atomic E-state index is 0. The first kappa shape index (κ1) is 21.4. The highest BCUT2D eigenvalue weighted by Crippen LogP contribution is 2.22. The van der Waals surface area contributed by atoms with E-state index in [0.717, 1.165) is 58.3 Å². The molecular formula is C21H32IN5O. The number of hydrogen-bond acceptors (Lipinski definition) is 3. The van der Waals surface area contributed by atoms with Gasteiger partial charge in [-0.25, -0.2) is 0 Å². The van der Waals surface area contributed by atoms with Crippen molar-refractivity contribution >= 4 is 40.8 Å². The highest BCUT2D eigenvalue weighted by atomic mass is 127. The zero-order valence-electron chi connectivity index (χ0n) is 16.9. The highest BCUT2D eigenvalue weighted by molar-refractivity contribution is 14.0. The number of H-pyrrole nitrogens is 1. The molecule has 0 aliphatic carbocycles. The van der Waals surface area contributed by atoms with E-state index in [9.17, 15) is 0 Å². The Hall–Kier alpha value is -1.32. The van der Waals surface area contributed by atoms with Crippen LogP contribution >= 0.6 is 24.0 Å². The number of nitrogens with zero attached hydrogens (tertiary/aromatic N) is 3. The minimum absolute atomic E-state index is 0. The molecule has 154 valence electrons. The van der Waals surface area contributed by atoms with Gasteiger partial charge in [0, 0.05) is 62.9 Å². The second kappa shape index (κ2) is 9.93. The van der Waals surface area contributed by atoms with Crippen LogP contribution in [0.25, 0.3) is 10.9 Å². The summed E-state index contributed by atoms with van der Waals surface area (Å²) in [6.07, 6.45) is 4.35. The number of guanidine groups is 1. The lowest BCUT2D eigenvalue weighted by atomic mass is 10.1. The number of likely N-dealkylation sites (tertiary alicyclic amines) is 1. The van der Waals surface area contributed by atoms with Crippen LogP contribution in [0.4, 0.5) is 0 Å². The number of morpholine rings is 1. The Morgan fingerprint density at radius 2 is 2.11 bits per heavy atom. The van der Waals surface area contributed by atoms with Gasteiger partial charge in [0.25, 0.3) is 0 Å². The van der Waals surface area contributed by atoms with Crippen molar-refractivity contribution in [3.8, 4) is 0 Å². The average molecular weight is 497 g/mol. The average Bonchev–Trinajstić information content (AvgIpc) is 3.34. The summed E-state index contributed by atoms with van der Waals surface area (Å²) >= 11 is 0. The Labute approximate surface area is 184 Å². The fourth-order valence-corrected chi connectivity index (χ4v) is 4.46. The summed E-state index contributed by atoms with van der Waals surface area (Å²) in [5, 5.41) is 4.94. The van der Waals surface area contributed by atoms with Gasteiger partial charge in [-0.15, -0.1) is 24.0 Å². The number of aromatic amines is 1. The van der Waals surface area contributed by atoms with Gasteiger partial charge >= 0.3 is 0 Å². The Kier molecular flexibility index (Phi) is 7.59. The van der Waals surface area contributed by atoms with Gasteiger partial charge in [-0.05, 0) is 37.0 Å². The Bertz CT molecular complexity index is 799. The molecule has 2 aliphatic rings. The van der Waals surface area contributed by atoms with E-state index < -0.39 is 0 Å². The molecule has 2 aromatic rings. The summed E-state index contributed by atoms with van der Waals surface area (Å²) in [6.45, 7) is 9.07. The van der Waals surface area contributed by atoms with Crippen LogP contribution in [0.3, 0.4) is 0 Å². The van der Waals surface area contributed by atoms with Crippen molar-refractivity contribution in [1.29, 1.82) is 0 Å². The number of halogens is 1. The quantitative estimate of drug-likeness (QED) is 0.388. The van der Waals surface area contributed by atoms with E-state index in [0.29, 0.717) is 6.04 Å². The standard InChI is InChI=1S/C21H31N5O.HI/c1-16-4-3-5-19-20(16)17(14-24-19)6-8-23-21(22-2)26-9-7-18(15-26)25-10-12-27-13-11-25;/h3-5,14,18,24H,6-13,15H2,1-2H3,(H,22,23);1H. The smallest absolute Gasteiger partial charge is 0.193 e. The van der Waals surface area contributed by atoms with Crippen LogP contribution in [0.15, 0.2) is 29.4 Å². The summed E-state index contributed by atoms with van der Waals surface area (Å²) in [5.74, 6) is 1.03. The maximum Gasteiger partial charge on any atom is 0.193 e. The molecule has 1 aromatic heterocycles. The van der Waals surface area contributed by atoms with Crippen molar-refractivity contribution in [3.05, 3.63) is 35.5 Å². The summed E-state index contributed by atoms with van der Waals surface area (Å²) in [5.41, 5.74) is 3.93. The number of aliphatic imine (C=N–C) groups is 1. The zero-order valence-corrected chi connectivity index (χ0v) is 19.2. The molecule has 2 N–H and O–H groups in total. The number of hydrogen-bond donors (Lipinski definition) is 2. The Balaban J connectivity index is 0.00000225. The van der Waals surface area contributed by atoms with Gasteiger partial charge in [0.05, 0.1) is 13.2 Å². The van der Waals surface area contributed by atoms with E-state index in [1.54, 1.807) is 0 Å². The molecular weight excluding hydrogens is 465 g/mol. The molecule has 2 aliphatic heterocycles. The van der Waals surface area contributed by atoms with Gasteiger partial charge < -0.3 is 19.9 Å². The molecule has 4 rings (SSSR count). The molecule has 0 amide bonds. The second-order valence-electron chi connectivity index (χ2n) is 7.57. The van der Waals surface area contributed by atoms with Crippen LogP contribution in [-0.2, 0) is 11.2 Å². The van der Waals surface area contributed by atoms with Crippen molar-refractivity contribution in [2.45, 2.75) is 25.8 Å². The molecule has 7 heteroatoms. The summed E-state index contributed by atoms with van der Waals surface area (Å²) in [6, 6.07) is 7.07. The SMILES string of the molecule is CN=C(NCCc1c[nH]c2cccc(C)c12)N1CCC(N2CCOCC2)C1.I. The predicted octanol–water partition coefficient (Wildman–Crippen LogP) is 2.62. The van der Waals surface area contributed by atoms with Gasteiger partial charge in [-0.1, -0.05) is 12.1 Å².